The fraction of sp³-hybridized carbons (Fsp3) is 0.222. The molecule has 0 aliphatic carbocycles. The Bertz CT molecular complexity index is 335. The average molecular weight is 226 g/mol. The molecule has 12 heavy (non-hydrogen) atoms. The van der Waals surface area contributed by atoms with Crippen molar-refractivity contribution < 1.29 is 4.74 Å². The van der Waals surface area contributed by atoms with E-state index in [0.717, 1.165) is 15.8 Å². The zero-order valence-electron chi connectivity index (χ0n) is 6.43. The van der Waals surface area contributed by atoms with Gasteiger partial charge in [0.2, 0.25) is 0 Å². The predicted molar refractivity (Wildman–Crippen MR) is 51.1 cm³/mol. The highest BCUT2D eigenvalue weighted by molar-refractivity contribution is 9.10. The van der Waals surface area contributed by atoms with Crippen molar-refractivity contribution in [2.45, 2.75) is 6.42 Å². The highest BCUT2D eigenvalue weighted by atomic mass is 79.9. The van der Waals surface area contributed by atoms with E-state index in [0.29, 0.717) is 18.7 Å². The standard InChI is InChI=1S/C9H8BrNO/c10-6-1-2-9-7(5-6)8(11)3-4-12-9/h1-2,5,11H,3-4H2. The van der Waals surface area contributed by atoms with Crippen LogP contribution in [0, 0.1) is 5.41 Å². The van der Waals surface area contributed by atoms with E-state index in [9.17, 15) is 0 Å². The first-order valence-electron chi connectivity index (χ1n) is 3.77. The van der Waals surface area contributed by atoms with Gasteiger partial charge in [0.15, 0.2) is 0 Å². The van der Waals surface area contributed by atoms with Crippen LogP contribution in [0.25, 0.3) is 0 Å². The van der Waals surface area contributed by atoms with Crippen LogP contribution in [0.2, 0.25) is 0 Å². The van der Waals surface area contributed by atoms with Gasteiger partial charge in [0.1, 0.15) is 5.75 Å². The van der Waals surface area contributed by atoms with Crippen LogP contribution >= 0.6 is 15.9 Å². The van der Waals surface area contributed by atoms with Crippen molar-refractivity contribution >= 4 is 21.6 Å². The van der Waals surface area contributed by atoms with Crippen molar-refractivity contribution in [3.8, 4) is 5.75 Å². The van der Waals surface area contributed by atoms with Gasteiger partial charge < -0.3 is 10.1 Å². The van der Waals surface area contributed by atoms with Crippen LogP contribution in [0.15, 0.2) is 22.7 Å². The van der Waals surface area contributed by atoms with Crippen LogP contribution in [0.4, 0.5) is 0 Å². The van der Waals surface area contributed by atoms with Gasteiger partial charge in [-0.25, -0.2) is 0 Å². The molecule has 1 heterocycles. The van der Waals surface area contributed by atoms with Crippen molar-refractivity contribution in [3.05, 3.63) is 28.2 Å². The Morgan fingerprint density at radius 2 is 2.25 bits per heavy atom. The smallest absolute Gasteiger partial charge is 0.128 e. The summed E-state index contributed by atoms with van der Waals surface area (Å²) in [4.78, 5) is 0. The minimum Gasteiger partial charge on any atom is -0.492 e. The molecule has 0 saturated heterocycles. The molecule has 0 radical (unpaired) electrons. The molecule has 0 fully saturated rings. The molecule has 1 aliphatic heterocycles. The number of ether oxygens (including phenoxy) is 1. The summed E-state index contributed by atoms with van der Waals surface area (Å²) in [6.07, 6.45) is 0.712. The molecular weight excluding hydrogens is 218 g/mol. The lowest BCUT2D eigenvalue weighted by molar-refractivity contribution is 0.320. The minimum absolute atomic E-state index is 0.632. The largest absolute Gasteiger partial charge is 0.492 e. The summed E-state index contributed by atoms with van der Waals surface area (Å²) in [5.41, 5.74) is 1.58. The number of halogens is 1. The number of rotatable bonds is 0. The fourth-order valence-corrected chi connectivity index (χ4v) is 1.62. The summed E-state index contributed by atoms with van der Waals surface area (Å²) >= 11 is 3.37. The van der Waals surface area contributed by atoms with Crippen LogP contribution in [0.5, 0.6) is 5.75 Å². The summed E-state index contributed by atoms with van der Waals surface area (Å²) in [5, 5.41) is 7.67. The number of hydrogen-bond donors (Lipinski definition) is 1. The van der Waals surface area contributed by atoms with Gasteiger partial charge in [-0.2, -0.15) is 0 Å². The summed E-state index contributed by atoms with van der Waals surface area (Å²) in [5.74, 6) is 0.828. The second-order valence-electron chi connectivity index (χ2n) is 2.72. The molecule has 1 N–H and O–H groups in total. The maximum atomic E-state index is 7.67. The maximum Gasteiger partial charge on any atom is 0.128 e. The van der Waals surface area contributed by atoms with Gasteiger partial charge in [-0.1, -0.05) is 15.9 Å². The lowest BCUT2D eigenvalue weighted by Crippen LogP contribution is -2.14. The Labute approximate surface area is 79.2 Å². The molecule has 1 aliphatic rings. The van der Waals surface area contributed by atoms with Gasteiger partial charge in [0, 0.05) is 22.2 Å². The molecule has 3 heteroatoms. The second-order valence-corrected chi connectivity index (χ2v) is 3.63. The molecular formula is C9H8BrNO. The van der Waals surface area contributed by atoms with Gasteiger partial charge in [-0.15, -0.1) is 0 Å². The lowest BCUT2D eigenvalue weighted by atomic mass is 10.0. The minimum atomic E-state index is 0.632. The van der Waals surface area contributed by atoms with E-state index in [-0.39, 0.29) is 0 Å². The Hall–Kier alpha value is -0.830. The highest BCUT2D eigenvalue weighted by Crippen LogP contribution is 2.27. The average Bonchev–Trinajstić information content (AvgIpc) is 2.07. The first-order chi connectivity index (χ1) is 5.77. The molecule has 2 rings (SSSR count). The van der Waals surface area contributed by atoms with E-state index in [2.05, 4.69) is 15.9 Å². The van der Waals surface area contributed by atoms with E-state index in [1.54, 1.807) is 0 Å². The van der Waals surface area contributed by atoms with Gasteiger partial charge >= 0.3 is 0 Å². The number of fused-ring (bicyclic) bond motifs is 1. The van der Waals surface area contributed by atoms with Crippen LogP contribution < -0.4 is 4.74 Å². The van der Waals surface area contributed by atoms with E-state index in [1.807, 2.05) is 18.2 Å². The third kappa shape index (κ3) is 1.25. The van der Waals surface area contributed by atoms with Crippen LogP contribution in [0.3, 0.4) is 0 Å². The molecule has 0 unspecified atom stereocenters. The topological polar surface area (TPSA) is 33.1 Å². The molecule has 0 spiro atoms. The Kier molecular flexibility index (Phi) is 1.89. The van der Waals surface area contributed by atoms with E-state index in [1.165, 1.54) is 0 Å². The van der Waals surface area contributed by atoms with Crippen LogP contribution in [-0.2, 0) is 0 Å². The lowest BCUT2D eigenvalue weighted by Gasteiger charge is -2.17. The zero-order chi connectivity index (χ0) is 8.55. The number of nitrogens with one attached hydrogen (secondary N) is 1. The van der Waals surface area contributed by atoms with E-state index in [4.69, 9.17) is 10.1 Å². The predicted octanol–water partition coefficient (Wildman–Crippen LogP) is 2.60. The molecule has 0 amide bonds. The normalized spacial score (nSPS) is 15.2. The van der Waals surface area contributed by atoms with Crippen molar-refractivity contribution in [2.24, 2.45) is 0 Å². The summed E-state index contributed by atoms with van der Waals surface area (Å²) in [7, 11) is 0. The summed E-state index contributed by atoms with van der Waals surface area (Å²) in [6, 6.07) is 5.75. The summed E-state index contributed by atoms with van der Waals surface area (Å²) < 4.78 is 6.38. The maximum absolute atomic E-state index is 7.67. The van der Waals surface area contributed by atoms with Crippen LogP contribution in [0.1, 0.15) is 12.0 Å². The quantitative estimate of drug-likeness (QED) is 0.724. The molecule has 62 valence electrons. The Balaban J connectivity index is 2.54. The van der Waals surface area contributed by atoms with Crippen molar-refractivity contribution in [2.75, 3.05) is 6.61 Å². The molecule has 0 saturated carbocycles. The monoisotopic (exact) mass is 225 g/mol. The SMILES string of the molecule is N=C1CCOc2ccc(Br)cc21. The molecule has 1 aromatic carbocycles. The van der Waals surface area contributed by atoms with Gasteiger partial charge in [-0.3, -0.25) is 0 Å². The van der Waals surface area contributed by atoms with Crippen LogP contribution in [-0.4, -0.2) is 12.3 Å². The second kappa shape index (κ2) is 2.90. The Morgan fingerprint density at radius 3 is 3.08 bits per heavy atom. The first-order valence-corrected chi connectivity index (χ1v) is 4.57. The fourth-order valence-electron chi connectivity index (χ4n) is 1.26. The van der Waals surface area contributed by atoms with Gasteiger partial charge in [0.25, 0.3) is 0 Å². The molecule has 0 atom stereocenters. The first kappa shape index (κ1) is 7.80. The molecule has 0 aromatic heterocycles. The molecule has 2 nitrogen and oxygen atoms in total. The van der Waals surface area contributed by atoms with Gasteiger partial charge in [0.05, 0.1) is 6.61 Å². The third-order valence-corrected chi connectivity index (χ3v) is 2.37. The molecule has 0 bridgehead atoms. The van der Waals surface area contributed by atoms with Crippen molar-refractivity contribution in [1.82, 2.24) is 0 Å². The Morgan fingerprint density at radius 1 is 1.42 bits per heavy atom. The zero-order valence-corrected chi connectivity index (χ0v) is 8.02. The molecule has 1 aromatic rings. The third-order valence-electron chi connectivity index (χ3n) is 1.88. The van der Waals surface area contributed by atoms with Gasteiger partial charge in [-0.05, 0) is 18.2 Å². The van der Waals surface area contributed by atoms with Crippen molar-refractivity contribution in [3.63, 3.8) is 0 Å². The summed E-state index contributed by atoms with van der Waals surface area (Å²) in [6.45, 7) is 0.632. The van der Waals surface area contributed by atoms with E-state index < -0.39 is 0 Å². The van der Waals surface area contributed by atoms with Crippen molar-refractivity contribution in [1.29, 1.82) is 5.41 Å². The number of benzene rings is 1. The number of hydrogen-bond acceptors (Lipinski definition) is 2. The van der Waals surface area contributed by atoms with E-state index >= 15 is 0 Å². The highest BCUT2D eigenvalue weighted by Gasteiger charge is 2.14.